The Labute approximate surface area is 81.7 Å². The molecule has 0 aromatic rings. The molecule has 0 saturated carbocycles. The second-order valence-electron chi connectivity index (χ2n) is 2.79. The SMILES string of the molecule is [NH2+]=C1C=CC(=C2C=CC=CS2)C=C1. The average molecular weight is 188 g/mol. The molecule has 64 valence electrons. The number of hydrogen-bond donors (Lipinski definition) is 1. The van der Waals surface area contributed by atoms with E-state index in [1.54, 1.807) is 11.8 Å². The number of nitrogens with two attached hydrogens (primary N) is 1. The van der Waals surface area contributed by atoms with Crippen molar-refractivity contribution in [1.29, 1.82) is 0 Å². The largest absolute Gasteiger partial charge is 0.254 e. The zero-order valence-electron chi connectivity index (χ0n) is 7.10. The van der Waals surface area contributed by atoms with Crippen molar-refractivity contribution in [3.63, 3.8) is 0 Å². The standard InChI is InChI=1S/C11H9NS/c12-10-6-4-9(5-7-10)11-3-1-2-8-13-11/h1-8,12H/p+1. The van der Waals surface area contributed by atoms with Crippen LogP contribution in [0.2, 0.25) is 0 Å². The van der Waals surface area contributed by atoms with Gasteiger partial charge in [0.2, 0.25) is 0 Å². The lowest BCUT2D eigenvalue weighted by molar-refractivity contribution is -0.110. The molecular formula is C11H10NS+. The Morgan fingerprint density at radius 2 is 1.69 bits per heavy atom. The molecule has 13 heavy (non-hydrogen) atoms. The highest BCUT2D eigenvalue weighted by molar-refractivity contribution is 8.06. The molecule has 1 nitrogen and oxygen atoms in total. The first-order valence-corrected chi connectivity index (χ1v) is 4.97. The lowest BCUT2D eigenvalue weighted by Crippen LogP contribution is -2.37. The molecule has 0 aromatic carbocycles. The summed E-state index contributed by atoms with van der Waals surface area (Å²) in [6, 6.07) is 0. The van der Waals surface area contributed by atoms with Gasteiger partial charge in [0, 0.05) is 17.1 Å². The summed E-state index contributed by atoms with van der Waals surface area (Å²) in [5.41, 5.74) is 2.03. The molecule has 0 aromatic heterocycles. The van der Waals surface area contributed by atoms with Crippen LogP contribution in [0.3, 0.4) is 0 Å². The monoisotopic (exact) mass is 188 g/mol. The van der Waals surface area contributed by atoms with E-state index in [2.05, 4.69) is 11.5 Å². The average Bonchev–Trinajstić information content (AvgIpc) is 2.20. The maximum absolute atomic E-state index is 5.61. The van der Waals surface area contributed by atoms with Gasteiger partial charge in [-0.15, -0.1) is 0 Å². The van der Waals surface area contributed by atoms with Crippen molar-refractivity contribution >= 4 is 17.5 Å². The molecule has 2 N–H and O–H groups in total. The van der Waals surface area contributed by atoms with Crippen LogP contribution in [0.1, 0.15) is 0 Å². The molecule has 0 unspecified atom stereocenters. The molecule has 2 heteroatoms. The fourth-order valence-electron chi connectivity index (χ4n) is 1.15. The Balaban J connectivity index is 2.30. The van der Waals surface area contributed by atoms with Crippen LogP contribution < -0.4 is 5.41 Å². The molecule has 1 aliphatic heterocycles. The summed E-state index contributed by atoms with van der Waals surface area (Å²) in [7, 11) is 0. The Morgan fingerprint density at radius 3 is 2.31 bits per heavy atom. The first kappa shape index (κ1) is 8.32. The van der Waals surface area contributed by atoms with E-state index in [1.165, 1.54) is 10.5 Å². The van der Waals surface area contributed by atoms with Crippen molar-refractivity contribution in [2.24, 2.45) is 0 Å². The summed E-state index contributed by atoms with van der Waals surface area (Å²) < 4.78 is 0. The molecule has 0 bridgehead atoms. The van der Waals surface area contributed by atoms with Crippen LogP contribution in [0.25, 0.3) is 0 Å². The van der Waals surface area contributed by atoms with Crippen molar-refractivity contribution in [2.45, 2.75) is 0 Å². The minimum absolute atomic E-state index is 0.810. The summed E-state index contributed by atoms with van der Waals surface area (Å²) in [4.78, 5) is 1.27. The maximum atomic E-state index is 5.61. The Hall–Kier alpha value is -1.28. The van der Waals surface area contributed by atoms with Crippen LogP contribution in [0, 0.1) is 0 Å². The minimum Gasteiger partial charge on any atom is -0.254 e. The predicted molar refractivity (Wildman–Crippen MR) is 58.1 cm³/mol. The number of hydrogen-bond acceptors (Lipinski definition) is 1. The summed E-state index contributed by atoms with van der Waals surface area (Å²) >= 11 is 1.73. The van der Waals surface area contributed by atoms with Crippen molar-refractivity contribution in [2.75, 3.05) is 0 Å². The molecule has 0 amide bonds. The summed E-state index contributed by atoms with van der Waals surface area (Å²) in [6.07, 6.45) is 14.1. The van der Waals surface area contributed by atoms with E-state index in [9.17, 15) is 0 Å². The van der Waals surface area contributed by atoms with Crippen LogP contribution in [-0.2, 0) is 0 Å². The van der Waals surface area contributed by atoms with Crippen LogP contribution in [0.5, 0.6) is 0 Å². The second-order valence-corrected chi connectivity index (χ2v) is 3.74. The van der Waals surface area contributed by atoms with Crippen LogP contribution in [0.15, 0.2) is 58.4 Å². The molecule has 0 atom stereocenters. The van der Waals surface area contributed by atoms with Crippen LogP contribution >= 0.6 is 11.8 Å². The van der Waals surface area contributed by atoms with E-state index in [1.807, 2.05) is 36.5 Å². The van der Waals surface area contributed by atoms with E-state index in [0.717, 1.165) is 5.71 Å². The van der Waals surface area contributed by atoms with Gasteiger partial charge in [0.05, 0.1) is 0 Å². The molecule has 0 saturated heterocycles. The third-order valence-corrected chi connectivity index (χ3v) is 2.75. The Bertz CT molecular complexity index is 363. The van der Waals surface area contributed by atoms with Crippen molar-refractivity contribution < 1.29 is 5.41 Å². The first-order chi connectivity index (χ1) is 6.36. The normalized spacial score (nSPS) is 20.2. The molecule has 1 aliphatic carbocycles. The Kier molecular flexibility index (Phi) is 2.32. The number of allylic oxidation sites excluding steroid dienone is 8. The zero-order valence-corrected chi connectivity index (χ0v) is 7.92. The van der Waals surface area contributed by atoms with E-state index in [4.69, 9.17) is 5.41 Å². The van der Waals surface area contributed by atoms with Gasteiger partial charge in [-0.25, -0.2) is 0 Å². The third-order valence-electron chi connectivity index (χ3n) is 1.83. The fraction of sp³-hybridized carbons (Fsp3) is 0. The van der Waals surface area contributed by atoms with Gasteiger partial charge in [0.1, 0.15) is 0 Å². The second kappa shape index (κ2) is 3.62. The fourth-order valence-corrected chi connectivity index (χ4v) is 1.90. The lowest BCUT2D eigenvalue weighted by atomic mass is 10.1. The Morgan fingerprint density at radius 1 is 0.923 bits per heavy atom. The van der Waals surface area contributed by atoms with Crippen molar-refractivity contribution in [3.8, 4) is 0 Å². The van der Waals surface area contributed by atoms with Gasteiger partial charge in [-0.1, -0.05) is 23.9 Å². The van der Waals surface area contributed by atoms with Gasteiger partial charge < -0.3 is 0 Å². The van der Waals surface area contributed by atoms with E-state index >= 15 is 0 Å². The highest BCUT2D eigenvalue weighted by atomic mass is 32.2. The summed E-state index contributed by atoms with van der Waals surface area (Å²) in [5.74, 6) is 0. The van der Waals surface area contributed by atoms with Gasteiger partial charge in [-0.3, -0.25) is 5.41 Å². The number of rotatable bonds is 0. The third kappa shape index (κ3) is 1.90. The molecule has 0 fully saturated rings. The molecular weight excluding hydrogens is 178 g/mol. The van der Waals surface area contributed by atoms with Crippen LogP contribution in [-0.4, -0.2) is 5.71 Å². The summed E-state index contributed by atoms with van der Waals surface area (Å²) in [6.45, 7) is 0. The molecule has 0 spiro atoms. The van der Waals surface area contributed by atoms with Crippen LogP contribution in [0.4, 0.5) is 0 Å². The molecule has 2 aliphatic rings. The van der Waals surface area contributed by atoms with Gasteiger partial charge in [-0.2, -0.15) is 0 Å². The lowest BCUT2D eigenvalue weighted by Gasteiger charge is -2.06. The smallest absolute Gasteiger partial charge is 0.196 e. The quantitative estimate of drug-likeness (QED) is 0.610. The van der Waals surface area contributed by atoms with Gasteiger partial charge in [0.25, 0.3) is 0 Å². The van der Waals surface area contributed by atoms with E-state index in [-0.39, 0.29) is 0 Å². The van der Waals surface area contributed by atoms with E-state index < -0.39 is 0 Å². The van der Waals surface area contributed by atoms with Gasteiger partial charge in [-0.05, 0) is 29.2 Å². The summed E-state index contributed by atoms with van der Waals surface area (Å²) in [5, 5.41) is 7.68. The molecule has 2 rings (SSSR count). The maximum Gasteiger partial charge on any atom is 0.196 e. The highest BCUT2D eigenvalue weighted by Crippen LogP contribution is 2.27. The van der Waals surface area contributed by atoms with Crippen molar-refractivity contribution in [3.05, 3.63) is 58.4 Å². The zero-order chi connectivity index (χ0) is 9.10. The highest BCUT2D eigenvalue weighted by Gasteiger charge is 2.04. The predicted octanol–water partition coefficient (Wildman–Crippen LogP) is 1.38. The van der Waals surface area contributed by atoms with Crippen molar-refractivity contribution in [1.82, 2.24) is 0 Å². The molecule has 0 radical (unpaired) electrons. The van der Waals surface area contributed by atoms with Gasteiger partial charge in [0.15, 0.2) is 5.71 Å². The minimum atomic E-state index is 0.810. The van der Waals surface area contributed by atoms with Gasteiger partial charge >= 0.3 is 0 Å². The first-order valence-electron chi connectivity index (χ1n) is 4.09. The number of thioether (sulfide) groups is 1. The topological polar surface area (TPSA) is 25.6 Å². The van der Waals surface area contributed by atoms with E-state index in [0.29, 0.717) is 0 Å². The molecule has 1 heterocycles.